The van der Waals surface area contributed by atoms with E-state index in [4.69, 9.17) is 0 Å². The Morgan fingerprint density at radius 3 is 2.75 bits per heavy atom. The molecule has 0 radical (unpaired) electrons. The summed E-state index contributed by atoms with van der Waals surface area (Å²) in [7, 11) is 0. The van der Waals surface area contributed by atoms with E-state index in [2.05, 4.69) is 29.8 Å². The van der Waals surface area contributed by atoms with Crippen molar-refractivity contribution in [3.8, 4) is 0 Å². The number of benzene rings is 1. The monoisotopic (exact) mass is 288 g/mol. The molecule has 90 valence electrons. The summed E-state index contributed by atoms with van der Waals surface area (Å²) in [5.74, 6) is 0.247. The fourth-order valence-corrected chi connectivity index (χ4v) is 2.08. The first-order valence-corrected chi connectivity index (χ1v) is 6.44. The van der Waals surface area contributed by atoms with Gasteiger partial charge in [-0.1, -0.05) is 36.2 Å². The second-order valence-corrected chi connectivity index (χ2v) is 5.20. The molecular weight excluding hydrogens is 271 g/mol. The zero-order chi connectivity index (χ0) is 12.1. The third-order valence-corrected chi connectivity index (χ3v) is 3.61. The molecule has 1 rings (SSSR count). The maximum Gasteiger partial charge on any atom is 0.123 e. The molecule has 0 saturated heterocycles. The van der Waals surface area contributed by atoms with Gasteiger partial charge in [-0.2, -0.15) is 0 Å². The molecule has 1 N–H and O–H groups in total. The molecule has 16 heavy (non-hydrogen) atoms. The number of aliphatic hydroxyl groups is 1. The molecule has 0 aliphatic carbocycles. The van der Waals surface area contributed by atoms with Crippen molar-refractivity contribution in [1.82, 2.24) is 0 Å². The molecule has 0 aliphatic rings. The summed E-state index contributed by atoms with van der Waals surface area (Å²) in [5.41, 5.74) is 0.829. The van der Waals surface area contributed by atoms with E-state index in [1.165, 1.54) is 12.1 Å². The van der Waals surface area contributed by atoms with E-state index in [9.17, 15) is 9.50 Å². The average molecular weight is 289 g/mol. The summed E-state index contributed by atoms with van der Waals surface area (Å²) >= 11 is 3.36. The molecule has 2 unspecified atom stereocenters. The van der Waals surface area contributed by atoms with Crippen molar-refractivity contribution >= 4 is 15.9 Å². The molecule has 3 heteroatoms. The van der Waals surface area contributed by atoms with Gasteiger partial charge in [0.25, 0.3) is 0 Å². The van der Waals surface area contributed by atoms with Crippen LogP contribution in [0.5, 0.6) is 0 Å². The smallest absolute Gasteiger partial charge is 0.123 e. The zero-order valence-electron chi connectivity index (χ0n) is 9.71. The van der Waals surface area contributed by atoms with Crippen LogP contribution in [0.15, 0.2) is 22.7 Å². The lowest BCUT2D eigenvalue weighted by Gasteiger charge is -2.15. The second-order valence-electron chi connectivity index (χ2n) is 4.34. The summed E-state index contributed by atoms with van der Waals surface area (Å²) in [4.78, 5) is 0. The highest BCUT2D eigenvalue weighted by molar-refractivity contribution is 9.10. The molecule has 2 atom stereocenters. The average Bonchev–Trinajstić information content (AvgIpc) is 2.23. The molecular formula is C13H18BrFO. The topological polar surface area (TPSA) is 20.2 Å². The third kappa shape index (κ3) is 4.22. The Balaban J connectivity index is 2.61. The highest BCUT2D eigenvalue weighted by atomic mass is 79.9. The van der Waals surface area contributed by atoms with Crippen LogP contribution in [-0.2, 0) is 6.42 Å². The van der Waals surface area contributed by atoms with Crippen molar-refractivity contribution in [1.29, 1.82) is 0 Å². The summed E-state index contributed by atoms with van der Waals surface area (Å²) in [6, 6.07) is 4.57. The lowest BCUT2D eigenvalue weighted by molar-refractivity contribution is 0.144. The Bertz CT molecular complexity index is 341. The van der Waals surface area contributed by atoms with Gasteiger partial charge in [-0.25, -0.2) is 4.39 Å². The first-order valence-electron chi connectivity index (χ1n) is 5.65. The van der Waals surface area contributed by atoms with Crippen molar-refractivity contribution in [2.24, 2.45) is 5.92 Å². The number of hydrogen-bond acceptors (Lipinski definition) is 1. The van der Waals surface area contributed by atoms with Gasteiger partial charge in [0.15, 0.2) is 0 Å². The summed E-state index contributed by atoms with van der Waals surface area (Å²) in [5, 5.41) is 9.88. The molecule has 0 bridgehead atoms. The SMILES string of the molecule is CCC(C)CC(O)Cc1cc(F)ccc1Br. The number of aliphatic hydroxyl groups excluding tert-OH is 1. The minimum atomic E-state index is -0.395. The maximum atomic E-state index is 13.0. The minimum absolute atomic E-state index is 0.256. The van der Waals surface area contributed by atoms with Gasteiger partial charge >= 0.3 is 0 Å². The summed E-state index contributed by atoms with van der Waals surface area (Å²) in [6.45, 7) is 4.22. The molecule has 0 saturated carbocycles. The second kappa shape index (κ2) is 6.36. The minimum Gasteiger partial charge on any atom is -0.393 e. The number of rotatable bonds is 5. The molecule has 0 amide bonds. The Labute approximate surface area is 105 Å². The first-order chi connectivity index (χ1) is 7.52. The highest BCUT2D eigenvalue weighted by Crippen LogP contribution is 2.21. The largest absolute Gasteiger partial charge is 0.393 e. The third-order valence-electron chi connectivity index (χ3n) is 2.83. The van der Waals surface area contributed by atoms with E-state index >= 15 is 0 Å². The van der Waals surface area contributed by atoms with E-state index in [1.807, 2.05) is 0 Å². The first kappa shape index (κ1) is 13.7. The van der Waals surface area contributed by atoms with Gasteiger partial charge in [-0.3, -0.25) is 0 Å². The van der Waals surface area contributed by atoms with E-state index in [1.54, 1.807) is 6.07 Å². The van der Waals surface area contributed by atoms with Gasteiger partial charge in [0, 0.05) is 4.47 Å². The van der Waals surface area contributed by atoms with Crippen LogP contribution < -0.4 is 0 Å². The van der Waals surface area contributed by atoms with Crippen LogP contribution in [0.4, 0.5) is 4.39 Å². The van der Waals surface area contributed by atoms with Crippen LogP contribution in [0.25, 0.3) is 0 Å². The quantitative estimate of drug-likeness (QED) is 0.870. The van der Waals surface area contributed by atoms with Gasteiger partial charge in [0.1, 0.15) is 5.82 Å². The van der Waals surface area contributed by atoms with Crippen molar-refractivity contribution in [2.45, 2.75) is 39.2 Å². The van der Waals surface area contributed by atoms with Crippen LogP contribution in [-0.4, -0.2) is 11.2 Å². The van der Waals surface area contributed by atoms with E-state index in [-0.39, 0.29) is 5.82 Å². The Morgan fingerprint density at radius 2 is 2.12 bits per heavy atom. The number of halogens is 2. The highest BCUT2D eigenvalue weighted by Gasteiger charge is 2.12. The maximum absolute atomic E-state index is 13.0. The standard InChI is InChI=1S/C13H18BrFO/c1-3-9(2)6-12(16)8-10-7-11(15)4-5-13(10)14/h4-5,7,9,12,16H,3,6,8H2,1-2H3. The van der Waals surface area contributed by atoms with Crippen molar-refractivity contribution in [3.63, 3.8) is 0 Å². The van der Waals surface area contributed by atoms with Gasteiger partial charge in [0.2, 0.25) is 0 Å². The molecule has 0 fully saturated rings. The van der Waals surface area contributed by atoms with E-state index < -0.39 is 6.10 Å². The van der Waals surface area contributed by atoms with Crippen LogP contribution in [0.3, 0.4) is 0 Å². The number of hydrogen-bond donors (Lipinski definition) is 1. The normalized spacial score (nSPS) is 14.8. The van der Waals surface area contributed by atoms with Gasteiger partial charge in [-0.15, -0.1) is 0 Å². The van der Waals surface area contributed by atoms with Gasteiger partial charge in [-0.05, 0) is 42.5 Å². The molecule has 0 heterocycles. The fourth-order valence-electron chi connectivity index (χ4n) is 1.67. The Morgan fingerprint density at radius 1 is 1.44 bits per heavy atom. The van der Waals surface area contributed by atoms with Crippen molar-refractivity contribution in [2.75, 3.05) is 0 Å². The van der Waals surface area contributed by atoms with Gasteiger partial charge < -0.3 is 5.11 Å². The van der Waals surface area contributed by atoms with Gasteiger partial charge in [0.05, 0.1) is 6.10 Å². The van der Waals surface area contributed by atoms with Crippen LogP contribution in [0, 0.1) is 11.7 Å². The fraction of sp³-hybridized carbons (Fsp3) is 0.538. The van der Waals surface area contributed by atoms with Crippen LogP contribution in [0.2, 0.25) is 0 Å². The summed E-state index contributed by atoms with van der Waals surface area (Å²) in [6.07, 6.45) is 1.93. The molecule has 1 nitrogen and oxygen atoms in total. The van der Waals surface area contributed by atoms with Crippen LogP contribution >= 0.6 is 15.9 Å². The van der Waals surface area contributed by atoms with E-state index in [0.29, 0.717) is 12.3 Å². The summed E-state index contributed by atoms with van der Waals surface area (Å²) < 4.78 is 13.9. The molecule has 1 aromatic carbocycles. The van der Waals surface area contributed by atoms with Crippen molar-refractivity contribution < 1.29 is 9.50 Å². The van der Waals surface area contributed by atoms with Crippen LogP contribution in [0.1, 0.15) is 32.3 Å². The van der Waals surface area contributed by atoms with E-state index in [0.717, 1.165) is 22.9 Å². The Hall–Kier alpha value is -0.410. The zero-order valence-corrected chi connectivity index (χ0v) is 11.3. The molecule has 1 aromatic rings. The predicted molar refractivity (Wildman–Crippen MR) is 67.9 cm³/mol. The Kier molecular flexibility index (Phi) is 5.42. The molecule has 0 spiro atoms. The molecule has 0 aliphatic heterocycles. The lowest BCUT2D eigenvalue weighted by Crippen LogP contribution is -2.14. The van der Waals surface area contributed by atoms with Crippen molar-refractivity contribution in [3.05, 3.63) is 34.1 Å². The molecule has 0 aromatic heterocycles. The predicted octanol–water partition coefficient (Wildman–Crippen LogP) is 3.93. The lowest BCUT2D eigenvalue weighted by atomic mass is 9.97.